The first kappa shape index (κ1) is 23.0. The molecule has 10 heteroatoms. The van der Waals surface area contributed by atoms with Gasteiger partial charge < -0.3 is 10.6 Å². The molecule has 0 radical (unpaired) electrons. The van der Waals surface area contributed by atoms with Gasteiger partial charge in [-0.15, -0.1) is 0 Å². The van der Waals surface area contributed by atoms with E-state index in [0.29, 0.717) is 11.5 Å². The van der Waals surface area contributed by atoms with Crippen LogP contribution in [-0.2, 0) is 31.0 Å². The lowest BCUT2D eigenvalue weighted by molar-refractivity contribution is -0.137. The summed E-state index contributed by atoms with van der Waals surface area (Å²) in [5.41, 5.74) is 3.21. The largest absolute Gasteiger partial charge is 0.416 e. The Bertz CT molecular complexity index is 1250. The zero-order valence-corrected chi connectivity index (χ0v) is 18.2. The first-order chi connectivity index (χ1) is 16.3. The molecule has 4 rings (SSSR count). The van der Waals surface area contributed by atoms with E-state index in [1.54, 1.807) is 23.3 Å². The van der Waals surface area contributed by atoms with Crippen LogP contribution in [0, 0.1) is 0 Å². The minimum Gasteiger partial charge on any atom is -0.352 e. The van der Waals surface area contributed by atoms with Gasteiger partial charge in [-0.2, -0.15) is 18.3 Å². The molecule has 0 bridgehead atoms. The van der Waals surface area contributed by atoms with E-state index in [2.05, 4.69) is 25.7 Å². The molecule has 0 aliphatic carbocycles. The summed E-state index contributed by atoms with van der Waals surface area (Å²) in [5.74, 6) is 0.236. The number of nitrogens with one attached hydrogen (secondary N) is 2. The Labute approximate surface area is 193 Å². The van der Waals surface area contributed by atoms with Crippen LogP contribution in [0.4, 0.5) is 24.8 Å². The van der Waals surface area contributed by atoms with Gasteiger partial charge >= 0.3 is 6.18 Å². The number of nitrogens with zero attached hydrogens (tertiary/aromatic N) is 4. The van der Waals surface area contributed by atoms with Gasteiger partial charge in [0.15, 0.2) is 0 Å². The van der Waals surface area contributed by atoms with E-state index in [4.69, 9.17) is 0 Å². The lowest BCUT2D eigenvalue weighted by atomic mass is 10.0. The second-order valence-corrected chi connectivity index (χ2v) is 7.67. The molecule has 2 aromatic heterocycles. The van der Waals surface area contributed by atoms with E-state index in [1.165, 1.54) is 12.1 Å². The van der Waals surface area contributed by atoms with E-state index in [-0.39, 0.29) is 18.9 Å². The summed E-state index contributed by atoms with van der Waals surface area (Å²) in [6.45, 7) is 0.159. The number of rotatable bonds is 7. The van der Waals surface area contributed by atoms with Crippen LogP contribution in [0.3, 0.4) is 0 Å². The number of anilines is 2. The summed E-state index contributed by atoms with van der Waals surface area (Å²) in [7, 11) is 1.82. The molecule has 0 saturated carbocycles. The number of hydrogen-bond donors (Lipinski definition) is 2. The summed E-state index contributed by atoms with van der Waals surface area (Å²) >= 11 is 0. The summed E-state index contributed by atoms with van der Waals surface area (Å²) in [6.07, 6.45) is 2.69. The fourth-order valence-electron chi connectivity index (χ4n) is 3.23. The molecule has 34 heavy (non-hydrogen) atoms. The second kappa shape index (κ2) is 9.74. The van der Waals surface area contributed by atoms with Gasteiger partial charge in [-0.3, -0.25) is 9.48 Å². The van der Waals surface area contributed by atoms with Crippen molar-refractivity contribution in [3.63, 3.8) is 0 Å². The molecule has 2 aromatic carbocycles. The highest BCUT2D eigenvalue weighted by Crippen LogP contribution is 2.29. The zero-order valence-electron chi connectivity index (χ0n) is 18.2. The Hall–Kier alpha value is -4.21. The molecule has 0 aliphatic heterocycles. The van der Waals surface area contributed by atoms with Crippen LogP contribution >= 0.6 is 0 Å². The number of carbonyl (C=O) groups is 1. The lowest BCUT2D eigenvalue weighted by Gasteiger charge is -2.09. The Morgan fingerprint density at radius 3 is 2.15 bits per heavy atom. The smallest absolute Gasteiger partial charge is 0.352 e. The average molecular weight is 466 g/mol. The summed E-state index contributed by atoms with van der Waals surface area (Å²) in [4.78, 5) is 20.9. The number of halogens is 3. The van der Waals surface area contributed by atoms with Crippen LogP contribution in [0.2, 0.25) is 0 Å². The van der Waals surface area contributed by atoms with Gasteiger partial charge in [0.1, 0.15) is 0 Å². The molecule has 0 unspecified atom stereocenters. The first-order valence-corrected chi connectivity index (χ1v) is 10.4. The predicted octanol–water partition coefficient (Wildman–Crippen LogP) is 4.50. The molecule has 2 heterocycles. The number of hydrogen-bond acceptors (Lipinski definition) is 5. The molecule has 1 amide bonds. The average Bonchev–Trinajstić information content (AvgIpc) is 3.23. The standard InChI is InChI=1S/C24H21F3N6O/c1-33-15-21(14-31-33)32-23-29-12-19(13-30-23)18-6-2-16(3-7-18)10-22(34)28-11-17-4-8-20(9-5-17)24(25,26)27/h2-9,12-15H,10-11H2,1H3,(H,28,34)(H,29,30,32). The van der Waals surface area contributed by atoms with Gasteiger partial charge in [0.25, 0.3) is 0 Å². The summed E-state index contributed by atoms with van der Waals surface area (Å²) < 4.78 is 39.6. The van der Waals surface area contributed by atoms with E-state index in [0.717, 1.165) is 34.5 Å². The number of aryl methyl sites for hydroxylation is 1. The van der Waals surface area contributed by atoms with E-state index in [9.17, 15) is 18.0 Å². The van der Waals surface area contributed by atoms with Gasteiger partial charge in [0, 0.05) is 37.7 Å². The Morgan fingerprint density at radius 1 is 0.912 bits per heavy atom. The number of alkyl halides is 3. The van der Waals surface area contributed by atoms with Crippen LogP contribution < -0.4 is 10.6 Å². The van der Waals surface area contributed by atoms with Crippen molar-refractivity contribution in [1.82, 2.24) is 25.1 Å². The van der Waals surface area contributed by atoms with Crippen molar-refractivity contribution in [1.29, 1.82) is 0 Å². The summed E-state index contributed by atoms with van der Waals surface area (Å²) in [6, 6.07) is 12.2. The zero-order chi connectivity index (χ0) is 24.1. The molecule has 174 valence electrons. The van der Waals surface area contributed by atoms with Crippen LogP contribution in [0.25, 0.3) is 11.1 Å². The lowest BCUT2D eigenvalue weighted by Crippen LogP contribution is -2.24. The van der Waals surface area contributed by atoms with Crippen LogP contribution in [0.15, 0.2) is 73.3 Å². The maximum absolute atomic E-state index is 12.6. The highest BCUT2D eigenvalue weighted by molar-refractivity contribution is 5.78. The third-order valence-corrected chi connectivity index (χ3v) is 5.04. The van der Waals surface area contributed by atoms with Gasteiger partial charge in [0.05, 0.1) is 23.9 Å². The van der Waals surface area contributed by atoms with Crippen molar-refractivity contribution in [2.75, 3.05) is 5.32 Å². The fraction of sp³-hybridized carbons (Fsp3) is 0.167. The Morgan fingerprint density at radius 2 is 1.56 bits per heavy atom. The molecule has 0 aliphatic rings. The molecule has 0 atom stereocenters. The van der Waals surface area contributed by atoms with Crippen molar-refractivity contribution in [2.24, 2.45) is 7.05 Å². The highest BCUT2D eigenvalue weighted by atomic mass is 19.4. The quantitative estimate of drug-likeness (QED) is 0.419. The monoisotopic (exact) mass is 466 g/mol. The maximum Gasteiger partial charge on any atom is 0.416 e. The predicted molar refractivity (Wildman–Crippen MR) is 121 cm³/mol. The molecule has 4 aromatic rings. The Balaban J connectivity index is 1.29. The molecule has 0 fully saturated rings. The van der Waals surface area contributed by atoms with E-state index < -0.39 is 11.7 Å². The topological polar surface area (TPSA) is 84.7 Å². The Kier molecular flexibility index (Phi) is 6.58. The minimum atomic E-state index is -4.38. The van der Waals surface area contributed by atoms with Crippen molar-refractivity contribution in [3.8, 4) is 11.1 Å². The van der Waals surface area contributed by atoms with Crippen molar-refractivity contribution >= 4 is 17.5 Å². The number of amides is 1. The van der Waals surface area contributed by atoms with Crippen molar-refractivity contribution in [3.05, 3.63) is 90.0 Å². The molecule has 2 N–H and O–H groups in total. The van der Waals surface area contributed by atoms with Crippen molar-refractivity contribution < 1.29 is 18.0 Å². The molecular weight excluding hydrogens is 445 g/mol. The van der Waals surface area contributed by atoms with Crippen molar-refractivity contribution in [2.45, 2.75) is 19.1 Å². The van der Waals surface area contributed by atoms with Gasteiger partial charge in [-0.25, -0.2) is 9.97 Å². The number of benzene rings is 2. The van der Waals surface area contributed by atoms with E-state index in [1.807, 2.05) is 37.5 Å². The molecular formula is C24H21F3N6O. The molecule has 7 nitrogen and oxygen atoms in total. The van der Waals surface area contributed by atoms with Crippen LogP contribution in [0.1, 0.15) is 16.7 Å². The fourth-order valence-corrected chi connectivity index (χ4v) is 3.23. The van der Waals surface area contributed by atoms with Gasteiger partial charge in [-0.1, -0.05) is 36.4 Å². The minimum absolute atomic E-state index is 0.158. The number of carbonyl (C=O) groups excluding carboxylic acids is 1. The SMILES string of the molecule is Cn1cc(Nc2ncc(-c3ccc(CC(=O)NCc4ccc(C(F)(F)F)cc4)cc3)cn2)cn1. The van der Waals surface area contributed by atoms with Gasteiger partial charge in [0.2, 0.25) is 11.9 Å². The van der Waals surface area contributed by atoms with Gasteiger partial charge in [-0.05, 0) is 28.8 Å². The third kappa shape index (κ3) is 5.97. The first-order valence-electron chi connectivity index (χ1n) is 10.4. The normalized spacial score (nSPS) is 11.3. The second-order valence-electron chi connectivity index (χ2n) is 7.67. The molecule has 0 saturated heterocycles. The van der Waals surface area contributed by atoms with E-state index >= 15 is 0 Å². The number of aromatic nitrogens is 4. The highest BCUT2D eigenvalue weighted by Gasteiger charge is 2.29. The van der Waals surface area contributed by atoms with Crippen LogP contribution in [0.5, 0.6) is 0 Å². The third-order valence-electron chi connectivity index (χ3n) is 5.04. The maximum atomic E-state index is 12.6. The molecule has 0 spiro atoms. The van der Waals surface area contributed by atoms with Crippen LogP contribution in [-0.4, -0.2) is 25.7 Å². The summed E-state index contributed by atoms with van der Waals surface area (Å²) in [5, 5.41) is 9.87.